The SMILES string of the molecule is O=c1[nH]cnc2snc(-c3ccc(Cl)cc3)c12. The molecule has 0 aliphatic carbocycles. The number of nitrogens with zero attached hydrogens (tertiary/aromatic N) is 2. The van der Waals surface area contributed by atoms with Crippen molar-refractivity contribution >= 4 is 33.4 Å². The largest absolute Gasteiger partial charge is 0.312 e. The number of nitrogens with one attached hydrogen (secondary N) is 1. The molecule has 0 bridgehead atoms. The molecular weight excluding hydrogens is 258 g/mol. The quantitative estimate of drug-likeness (QED) is 0.734. The number of aromatic amines is 1. The van der Waals surface area contributed by atoms with Gasteiger partial charge in [-0.25, -0.2) is 4.98 Å². The first-order valence-electron chi connectivity index (χ1n) is 4.85. The van der Waals surface area contributed by atoms with Crippen molar-refractivity contribution in [3.63, 3.8) is 0 Å². The Hall–Kier alpha value is -1.72. The molecule has 0 fully saturated rings. The molecule has 84 valence electrons. The van der Waals surface area contributed by atoms with E-state index in [4.69, 9.17) is 11.6 Å². The molecule has 3 rings (SSSR count). The average Bonchev–Trinajstić information content (AvgIpc) is 2.75. The Morgan fingerprint density at radius 3 is 2.76 bits per heavy atom. The molecule has 0 saturated heterocycles. The number of hydrogen-bond acceptors (Lipinski definition) is 4. The van der Waals surface area contributed by atoms with Crippen LogP contribution in [-0.2, 0) is 0 Å². The number of aromatic nitrogens is 3. The maximum absolute atomic E-state index is 11.7. The van der Waals surface area contributed by atoms with Gasteiger partial charge < -0.3 is 4.98 Å². The van der Waals surface area contributed by atoms with Gasteiger partial charge in [-0.1, -0.05) is 23.7 Å². The van der Waals surface area contributed by atoms with Crippen LogP contribution in [0.15, 0.2) is 35.4 Å². The Kier molecular flexibility index (Phi) is 2.42. The molecule has 3 aromatic rings. The lowest BCUT2D eigenvalue weighted by Crippen LogP contribution is -2.05. The van der Waals surface area contributed by atoms with E-state index in [0.717, 1.165) is 5.56 Å². The molecule has 2 aromatic heterocycles. The average molecular weight is 264 g/mol. The van der Waals surface area contributed by atoms with Crippen molar-refractivity contribution in [3.8, 4) is 11.3 Å². The van der Waals surface area contributed by atoms with Crippen LogP contribution >= 0.6 is 23.1 Å². The lowest BCUT2D eigenvalue weighted by Gasteiger charge is -1.97. The number of H-pyrrole nitrogens is 1. The molecule has 0 atom stereocenters. The molecule has 0 unspecified atom stereocenters. The zero-order valence-corrected chi connectivity index (χ0v) is 10.0. The second-order valence-corrected chi connectivity index (χ2v) is 4.64. The number of rotatable bonds is 1. The van der Waals surface area contributed by atoms with Crippen LogP contribution in [0, 0.1) is 0 Å². The highest BCUT2D eigenvalue weighted by atomic mass is 35.5. The van der Waals surface area contributed by atoms with Gasteiger partial charge in [-0.05, 0) is 23.7 Å². The highest BCUT2D eigenvalue weighted by molar-refractivity contribution is 7.13. The monoisotopic (exact) mass is 263 g/mol. The molecule has 17 heavy (non-hydrogen) atoms. The van der Waals surface area contributed by atoms with Crippen molar-refractivity contribution in [2.45, 2.75) is 0 Å². The van der Waals surface area contributed by atoms with E-state index in [1.807, 2.05) is 12.1 Å². The summed E-state index contributed by atoms with van der Waals surface area (Å²) < 4.78 is 4.27. The zero-order chi connectivity index (χ0) is 11.8. The first kappa shape index (κ1) is 10.4. The summed E-state index contributed by atoms with van der Waals surface area (Å²) in [6.07, 6.45) is 1.38. The molecule has 4 nitrogen and oxygen atoms in total. The van der Waals surface area contributed by atoms with Gasteiger partial charge in [0.2, 0.25) is 0 Å². The molecule has 0 radical (unpaired) electrons. The van der Waals surface area contributed by atoms with Crippen molar-refractivity contribution in [2.75, 3.05) is 0 Å². The minimum atomic E-state index is -0.172. The fourth-order valence-corrected chi connectivity index (χ4v) is 2.48. The van der Waals surface area contributed by atoms with Crippen molar-refractivity contribution in [1.29, 1.82) is 0 Å². The van der Waals surface area contributed by atoms with E-state index < -0.39 is 0 Å². The van der Waals surface area contributed by atoms with E-state index >= 15 is 0 Å². The van der Waals surface area contributed by atoms with Crippen LogP contribution in [0.5, 0.6) is 0 Å². The molecule has 0 aliphatic rings. The zero-order valence-electron chi connectivity index (χ0n) is 8.48. The minimum Gasteiger partial charge on any atom is -0.312 e. The summed E-state index contributed by atoms with van der Waals surface area (Å²) in [5.41, 5.74) is 1.34. The summed E-state index contributed by atoms with van der Waals surface area (Å²) >= 11 is 7.04. The lowest BCUT2D eigenvalue weighted by atomic mass is 10.1. The highest BCUT2D eigenvalue weighted by Gasteiger charge is 2.12. The lowest BCUT2D eigenvalue weighted by molar-refractivity contribution is 1.18. The summed E-state index contributed by atoms with van der Waals surface area (Å²) in [5, 5.41) is 1.18. The predicted octanol–water partition coefficient (Wildman–Crippen LogP) is 2.70. The van der Waals surface area contributed by atoms with Crippen LogP contribution in [-0.4, -0.2) is 14.3 Å². The Morgan fingerprint density at radius 1 is 1.24 bits per heavy atom. The number of benzene rings is 1. The summed E-state index contributed by atoms with van der Waals surface area (Å²) in [4.78, 5) is 19.0. The van der Waals surface area contributed by atoms with Gasteiger partial charge in [0.25, 0.3) is 5.56 Å². The van der Waals surface area contributed by atoms with Gasteiger partial charge in [0.15, 0.2) is 4.83 Å². The Morgan fingerprint density at radius 2 is 2.00 bits per heavy atom. The minimum absolute atomic E-state index is 0.172. The van der Waals surface area contributed by atoms with Crippen LogP contribution < -0.4 is 5.56 Å². The smallest absolute Gasteiger partial charge is 0.261 e. The fraction of sp³-hybridized carbons (Fsp3) is 0. The van der Waals surface area contributed by atoms with Gasteiger partial charge in [-0.3, -0.25) is 4.79 Å². The molecule has 1 aromatic carbocycles. The second kappa shape index (κ2) is 3.94. The summed E-state index contributed by atoms with van der Waals surface area (Å²) in [5.74, 6) is 0. The van der Waals surface area contributed by atoms with E-state index in [9.17, 15) is 4.79 Å². The van der Waals surface area contributed by atoms with E-state index in [1.165, 1.54) is 17.9 Å². The van der Waals surface area contributed by atoms with Gasteiger partial charge in [0, 0.05) is 10.6 Å². The summed E-state index contributed by atoms with van der Waals surface area (Å²) in [6, 6.07) is 7.21. The highest BCUT2D eigenvalue weighted by Crippen LogP contribution is 2.27. The van der Waals surface area contributed by atoms with Gasteiger partial charge in [-0.2, -0.15) is 4.37 Å². The Bertz CT molecular complexity index is 732. The van der Waals surface area contributed by atoms with Crippen LogP contribution in [0.4, 0.5) is 0 Å². The molecule has 6 heteroatoms. The van der Waals surface area contributed by atoms with Crippen molar-refractivity contribution in [2.24, 2.45) is 0 Å². The van der Waals surface area contributed by atoms with E-state index in [1.54, 1.807) is 12.1 Å². The molecule has 1 N–H and O–H groups in total. The van der Waals surface area contributed by atoms with Gasteiger partial charge in [0.1, 0.15) is 5.39 Å². The van der Waals surface area contributed by atoms with E-state index in [2.05, 4.69) is 14.3 Å². The van der Waals surface area contributed by atoms with Crippen molar-refractivity contribution in [1.82, 2.24) is 14.3 Å². The normalized spacial score (nSPS) is 10.9. The molecule has 0 aliphatic heterocycles. The second-order valence-electron chi connectivity index (χ2n) is 3.45. The van der Waals surface area contributed by atoms with Crippen LogP contribution in [0.25, 0.3) is 21.5 Å². The third kappa shape index (κ3) is 1.73. The molecule has 0 saturated carbocycles. The summed E-state index contributed by atoms with van der Waals surface area (Å²) in [6.45, 7) is 0. The van der Waals surface area contributed by atoms with Gasteiger partial charge >= 0.3 is 0 Å². The third-order valence-electron chi connectivity index (χ3n) is 2.40. The first-order valence-corrected chi connectivity index (χ1v) is 6.00. The molecule has 0 amide bonds. The van der Waals surface area contributed by atoms with Crippen LogP contribution in [0.1, 0.15) is 0 Å². The van der Waals surface area contributed by atoms with Crippen LogP contribution in [0.2, 0.25) is 5.02 Å². The first-order chi connectivity index (χ1) is 8.25. The number of hydrogen-bond donors (Lipinski definition) is 1. The topological polar surface area (TPSA) is 58.6 Å². The van der Waals surface area contributed by atoms with Crippen LogP contribution in [0.3, 0.4) is 0 Å². The maximum Gasteiger partial charge on any atom is 0.261 e. The Balaban J connectivity index is 2.31. The van der Waals surface area contributed by atoms with Crippen molar-refractivity contribution < 1.29 is 0 Å². The molecular formula is C11H6ClN3OS. The molecule has 2 heterocycles. The number of fused-ring (bicyclic) bond motifs is 1. The van der Waals surface area contributed by atoms with Gasteiger partial charge in [0.05, 0.1) is 12.0 Å². The number of halogens is 1. The standard InChI is InChI=1S/C11H6ClN3OS/c12-7-3-1-6(2-4-7)9-8-10(16)13-5-14-11(8)17-15-9/h1-5H,(H,13,14,16). The Labute approximate surface area is 105 Å². The predicted molar refractivity (Wildman–Crippen MR) is 68.5 cm³/mol. The van der Waals surface area contributed by atoms with Gasteiger partial charge in [-0.15, -0.1) is 0 Å². The summed E-state index contributed by atoms with van der Waals surface area (Å²) in [7, 11) is 0. The molecule has 0 spiro atoms. The van der Waals surface area contributed by atoms with Crippen molar-refractivity contribution in [3.05, 3.63) is 46.0 Å². The van der Waals surface area contributed by atoms with E-state index in [-0.39, 0.29) is 5.56 Å². The maximum atomic E-state index is 11.7. The fourth-order valence-electron chi connectivity index (χ4n) is 1.60. The van der Waals surface area contributed by atoms with E-state index in [0.29, 0.717) is 20.9 Å². The third-order valence-corrected chi connectivity index (χ3v) is 3.40.